The van der Waals surface area contributed by atoms with Gasteiger partial charge in [0.15, 0.2) is 0 Å². The summed E-state index contributed by atoms with van der Waals surface area (Å²) in [4.78, 5) is 0. The third-order valence-electron chi connectivity index (χ3n) is 2.87. The molecule has 0 spiro atoms. The summed E-state index contributed by atoms with van der Waals surface area (Å²) in [6.45, 7) is 11.3. The Morgan fingerprint density at radius 1 is 1.11 bits per heavy atom. The summed E-state index contributed by atoms with van der Waals surface area (Å²) < 4.78 is 2.31. The number of hydrogen-bond donors (Lipinski definition) is 0. The predicted octanol–water partition coefficient (Wildman–Crippen LogP) is 4.45. The maximum atomic E-state index is 3.46. The lowest BCUT2D eigenvalue weighted by Crippen LogP contribution is -2.16. The van der Waals surface area contributed by atoms with Gasteiger partial charge in [0.05, 0.1) is 5.52 Å². The molecule has 0 saturated carbocycles. The fraction of sp³-hybridized carbons (Fsp3) is 0.375. The van der Waals surface area contributed by atoms with Crippen LogP contribution in [0, 0.1) is 11.5 Å². The topological polar surface area (TPSA) is 4.93 Å². The Morgan fingerprint density at radius 2 is 1.83 bits per heavy atom. The van der Waals surface area contributed by atoms with Gasteiger partial charge in [-0.05, 0) is 26.0 Å². The fourth-order valence-electron chi connectivity index (χ4n) is 2.01. The number of rotatable bonds is 1. The van der Waals surface area contributed by atoms with Crippen LogP contribution in [0.25, 0.3) is 10.9 Å². The standard InChI is InChI=1S/C16H21NSi/c1-13(2)17-11-9-14-7-6-8-15(16(14)17)10-12-18(3,4)5/h6-9,11,13H,1-5H3. The van der Waals surface area contributed by atoms with E-state index in [0.717, 1.165) is 5.56 Å². The first-order chi connectivity index (χ1) is 8.38. The van der Waals surface area contributed by atoms with E-state index in [1.807, 2.05) is 0 Å². The molecular formula is C16H21NSi. The first-order valence-electron chi connectivity index (χ1n) is 6.51. The van der Waals surface area contributed by atoms with Crippen molar-refractivity contribution < 1.29 is 0 Å². The highest BCUT2D eigenvalue weighted by molar-refractivity contribution is 6.83. The Bertz CT molecular complexity index is 618. The zero-order valence-corrected chi connectivity index (χ0v) is 12.9. The molecule has 0 amide bonds. The monoisotopic (exact) mass is 255 g/mol. The molecule has 0 atom stereocenters. The molecule has 1 aromatic carbocycles. The van der Waals surface area contributed by atoms with Crippen molar-refractivity contribution in [2.75, 3.05) is 0 Å². The molecule has 0 unspecified atom stereocenters. The van der Waals surface area contributed by atoms with Crippen LogP contribution in [0.4, 0.5) is 0 Å². The van der Waals surface area contributed by atoms with Crippen LogP contribution in [0.15, 0.2) is 30.5 Å². The van der Waals surface area contributed by atoms with Crippen molar-refractivity contribution in [3.05, 3.63) is 36.0 Å². The van der Waals surface area contributed by atoms with Crippen molar-refractivity contribution in [1.29, 1.82) is 0 Å². The van der Waals surface area contributed by atoms with E-state index < -0.39 is 8.07 Å². The van der Waals surface area contributed by atoms with Crippen molar-refractivity contribution in [2.45, 2.75) is 39.5 Å². The maximum Gasteiger partial charge on any atom is 0.129 e. The van der Waals surface area contributed by atoms with E-state index >= 15 is 0 Å². The normalized spacial score (nSPS) is 11.7. The third-order valence-corrected chi connectivity index (χ3v) is 3.74. The molecule has 0 N–H and O–H groups in total. The Balaban J connectivity index is 2.63. The SMILES string of the molecule is CC(C)n1ccc2cccc(C#C[Si](C)(C)C)c21. The fourth-order valence-corrected chi connectivity index (χ4v) is 2.51. The van der Waals surface area contributed by atoms with E-state index in [0.29, 0.717) is 6.04 Å². The second-order valence-electron chi connectivity index (χ2n) is 6.06. The zero-order chi connectivity index (χ0) is 13.3. The summed E-state index contributed by atoms with van der Waals surface area (Å²) in [6.07, 6.45) is 2.16. The van der Waals surface area contributed by atoms with Crippen molar-refractivity contribution in [1.82, 2.24) is 4.57 Å². The van der Waals surface area contributed by atoms with E-state index in [4.69, 9.17) is 0 Å². The number of hydrogen-bond acceptors (Lipinski definition) is 0. The molecule has 1 aromatic heterocycles. The molecule has 94 valence electrons. The van der Waals surface area contributed by atoms with Crippen LogP contribution in [0.3, 0.4) is 0 Å². The molecule has 0 radical (unpaired) electrons. The molecule has 0 fully saturated rings. The third kappa shape index (κ3) is 2.68. The van der Waals surface area contributed by atoms with Crippen molar-refractivity contribution in [2.24, 2.45) is 0 Å². The molecule has 0 aliphatic rings. The van der Waals surface area contributed by atoms with Gasteiger partial charge in [0.1, 0.15) is 8.07 Å². The minimum Gasteiger partial charge on any atom is -0.344 e. The van der Waals surface area contributed by atoms with Crippen molar-refractivity contribution in [3.63, 3.8) is 0 Å². The summed E-state index contributed by atoms with van der Waals surface area (Å²) in [6, 6.07) is 9.04. The molecule has 2 heteroatoms. The average Bonchev–Trinajstić information content (AvgIpc) is 2.69. The number of aromatic nitrogens is 1. The van der Waals surface area contributed by atoms with Gasteiger partial charge in [0, 0.05) is 23.2 Å². The molecular weight excluding hydrogens is 234 g/mol. The van der Waals surface area contributed by atoms with Gasteiger partial charge in [0.2, 0.25) is 0 Å². The lowest BCUT2D eigenvalue weighted by Gasteiger charge is -2.11. The lowest BCUT2D eigenvalue weighted by molar-refractivity contribution is 0.622. The largest absolute Gasteiger partial charge is 0.344 e. The van der Waals surface area contributed by atoms with E-state index in [1.54, 1.807) is 0 Å². The minimum absolute atomic E-state index is 0.470. The van der Waals surface area contributed by atoms with Crippen LogP contribution in [0.1, 0.15) is 25.5 Å². The summed E-state index contributed by atoms with van der Waals surface area (Å²) >= 11 is 0. The highest BCUT2D eigenvalue weighted by atomic mass is 28.3. The number of benzene rings is 1. The van der Waals surface area contributed by atoms with Gasteiger partial charge in [-0.2, -0.15) is 0 Å². The van der Waals surface area contributed by atoms with Gasteiger partial charge in [-0.3, -0.25) is 0 Å². The summed E-state index contributed by atoms with van der Waals surface area (Å²) in [5, 5.41) is 1.28. The van der Waals surface area contributed by atoms with E-state index in [2.05, 4.69) is 80.0 Å². The van der Waals surface area contributed by atoms with Gasteiger partial charge >= 0.3 is 0 Å². The smallest absolute Gasteiger partial charge is 0.129 e. The quantitative estimate of drug-likeness (QED) is 0.524. The summed E-state index contributed by atoms with van der Waals surface area (Å²) in [5.41, 5.74) is 5.90. The Hall–Kier alpha value is -1.46. The molecule has 0 saturated heterocycles. The van der Waals surface area contributed by atoms with Gasteiger partial charge in [0.25, 0.3) is 0 Å². The predicted molar refractivity (Wildman–Crippen MR) is 82.5 cm³/mol. The highest BCUT2D eigenvalue weighted by Gasteiger charge is 2.10. The first kappa shape index (κ1) is 13.0. The molecule has 0 aliphatic heterocycles. The maximum absolute atomic E-state index is 3.46. The Kier molecular flexibility index (Phi) is 3.36. The summed E-state index contributed by atoms with van der Waals surface area (Å²) in [7, 11) is -1.32. The summed E-state index contributed by atoms with van der Waals surface area (Å²) in [5.74, 6) is 3.40. The number of fused-ring (bicyclic) bond motifs is 1. The van der Waals surface area contributed by atoms with Crippen LogP contribution >= 0.6 is 0 Å². The number of nitrogens with zero attached hydrogens (tertiary/aromatic N) is 1. The van der Waals surface area contributed by atoms with E-state index in [-0.39, 0.29) is 0 Å². The van der Waals surface area contributed by atoms with Crippen LogP contribution in [0.2, 0.25) is 19.6 Å². The van der Waals surface area contributed by atoms with Crippen LogP contribution < -0.4 is 0 Å². The second-order valence-corrected chi connectivity index (χ2v) is 10.8. The molecule has 1 nitrogen and oxygen atoms in total. The van der Waals surface area contributed by atoms with Crippen LogP contribution in [-0.2, 0) is 0 Å². The zero-order valence-electron chi connectivity index (χ0n) is 11.9. The van der Waals surface area contributed by atoms with Crippen molar-refractivity contribution >= 4 is 19.0 Å². The highest BCUT2D eigenvalue weighted by Crippen LogP contribution is 2.23. The van der Waals surface area contributed by atoms with Crippen LogP contribution in [0.5, 0.6) is 0 Å². The van der Waals surface area contributed by atoms with E-state index in [1.165, 1.54) is 10.9 Å². The average molecular weight is 255 g/mol. The second kappa shape index (κ2) is 4.66. The molecule has 0 bridgehead atoms. The lowest BCUT2D eigenvalue weighted by atomic mass is 10.1. The molecule has 2 rings (SSSR count). The molecule has 0 aliphatic carbocycles. The Morgan fingerprint density at radius 3 is 2.44 bits per heavy atom. The molecule has 18 heavy (non-hydrogen) atoms. The molecule has 1 heterocycles. The van der Waals surface area contributed by atoms with Gasteiger partial charge in [-0.25, -0.2) is 0 Å². The van der Waals surface area contributed by atoms with Gasteiger partial charge < -0.3 is 4.57 Å². The number of para-hydroxylation sites is 1. The first-order valence-corrected chi connectivity index (χ1v) is 10.0. The van der Waals surface area contributed by atoms with Gasteiger partial charge in [-0.15, -0.1) is 5.54 Å². The van der Waals surface area contributed by atoms with E-state index in [9.17, 15) is 0 Å². The minimum atomic E-state index is -1.32. The molecule has 2 aromatic rings. The van der Waals surface area contributed by atoms with Gasteiger partial charge in [-0.1, -0.05) is 37.7 Å². The Labute approximate surface area is 111 Å². The van der Waals surface area contributed by atoms with Crippen molar-refractivity contribution in [3.8, 4) is 11.5 Å². The van der Waals surface area contributed by atoms with Crippen LogP contribution in [-0.4, -0.2) is 12.6 Å².